The highest BCUT2D eigenvalue weighted by atomic mass is 16.5. The van der Waals surface area contributed by atoms with Gasteiger partial charge in [-0.05, 0) is 81.4 Å². The van der Waals surface area contributed by atoms with E-state index in [1.54, 1.807) is 0 Å². The summed E-state index contributed by atoms with van der Waals surface area (Å²) in [6, 6.07) is 9.15. The first kappa shape index (κ1) is 17.0. The lowest BCUT2D eigenvalue weighted by molar-refractivity contribution is -0.0716. The third-order valence-electron chi connectivity index (χ3n) is 7.74. The van der Waals surface area contributed by atoms with Crippen molar-refractivity contribution in [3.8, 4) is 0 Å². The number of benzene rings is 1. The molecule has 4 heteroatoms. The van der Waals surface area contributed by atoms with Gasteiger partial charge in [0.05, 0.1) is 12.2 Å². The predicted molar refractivity (Wildman–Crippen MR) is 105 cm³/mol. The van der Waals surface area contributed by atoms with E-state index < -0.39 is 0 Å². The van der Waals surface area contributed by atoms with Gasteiger partial charge in [-0.15, -0.1) is 0 Å². The van der Waals surface area contributed by atoms with Crippen LogP contribution in [0.4, 0.5) is 5.69 Å². The fraction of sp³-hybridized carbons (Fsp3) is 0.727. The van der Waals surface area contributed by atoms with E-state index in [1.807, 2.05) is 0 Å². The Labute approximate surface area is 157 Å². The molecule has 4 aliphatic carbocycles. The molecule has 5 aliphatic rings. The van der Waals surface area contributed by atoms with Crippen molar-refractivity contribution in [3.05, 3.63) is 29.8 Å². The van der Waals surface area contributed by atoms with E-state index in [4.69, 9.17) is 16.2 Å². The highest BCUT2D eigenvalue weighted by Gasteiger charge is 2.60. The number of nitrogens with two attached hydrogens (primary N) is 2. The number of anilines is 1. The van der Waals surface area contributed by atoms with Gasteiger partial charge in [0.15, 0.2) is 0 Å². The minimum absolute atomic E-state index is 0.0688. The summed E-state index contributed by atoms with van der Waals surface area (Å²) in [5.41, 5.74) is 16.4. The summed E-state index contributed by atoms with van der Waals surface area (Å²) in [6.45, 7) is 6.23. The van der Waals surface area contributed by atoms with Crippen molar-refractivity contribution in [2.75, 3.05) is 18.0 Å². The molecule has 4 unspecified atom stereocenters. The Hall–Kier alpha value is -1.10. The molecule has 1 saturated heterocycles. The van der Waals surface area contributed by atoms with Crippen LogP contribution in [-0.2, 0) is 10.3 Å². The molecular formula is C22H33N3O. The Bertz CT molecular complexity index is 661. The van der Waals surface area contributed by atoms with Gasteiger partial charge >= 0.3 is 0 Å². The average molecular weight is 356 g/mol. The van der Waals surface area contributed by atoms with Gasteiger partial charge in [0.1, 0.15) is 0 Å². The van der Waals surface area contributed by atoms with Crippen LogP contribution in [-0.4, -0.2) is 30.8 Å². The molecule has 0 spiro atoms. The molecule has 4 nitrogen and oxygen atoms in total. The Balaban J connectivity index is 1.41. The normalized spacial score (nSPS) is 47.4. The summed E-state index contributed by atoms with van der Waals surface area (Å²) in [7, 11) is 0. The molecular weight excluding hydrogens is 322 g/mol. The van der Waals surface area contributed by atoms with Crippen LogP contribution in [0, 0.1) is 17.8 Å². The van der Waals surface area contributed by atoms with Gasteiger partial charge in [0.2, 0.25) is 0 Å². The predicted octanol–water partition coefficient (Wildman–Crippen LogP) is 2.99. The molecule has 4 saturated carbocycles. The van der Waals surface area contributed by atoms with Crippen LogP contribution in [0.25, 0.3) is 0 Å². The molecule has 0 aromatic heterocycles. The topological polar surface area (TPSA) is 64.5 Å². The van der Waals surface area contributed by atoms with E-state index in [-0.39, 0.29) is 23.3 Å². The van der Waals surface area contributed by atoms with Crippen LogP contribution in [0.1, 0.15) is 51.5 Å². The molecule has 5 fully saturated rings. The highest BCUT2D eigenvalue weighted by Crippen LogP contribution is 2.61. The largest absolute Gasteiger partial charge is 0.372 e. The fourth-order valence-corrected chi connectivity index (χ4v) is 6.92. The summed E-state index contributed by atoms with van der Waals surface area (Å²) in [5.74, 6) is 1.91. The first-order chi connectivity index (χ1) is 12.4. The highest BCUT2D eigenvalue weighted by molar-refractivity contribution is 5.50. The standard InChI is InChI=1S/C22H33N3O/c1-14-12-25(13-15(2)26-14)20-5-3-17(4-6-20)22(24)18-7-16-8-19(22)11-21(23,9-16)10-18/h3-6,14-16,18-19H,7-13,23-24H2,1-2H3. The lowest BCUT2D eigenvalue weighted by atomic mass is 9.45. The smallest absolute Gasteiger partial charge is 0.0726 e. The number of ether oxygens (including phenoxy) is 1. The Morgan fingerprint density at radius 3 is 2.04 bits per heavy atom. The maximum Gasteiger partial charge on any atom is 0.0726 e. The number of morpholine rings is 1. The molecule has 142 valence electrons. The van der Waals surface area contributed by atoms with Crippen molar-refractivity contribution in [1.82, 2.24) is 0 Å². The van der Waals surface area contributed by atoms with Crippen LogP contribution in [0.15, 0.2) is 24.3 Å². The second kappa shape index (κ2) is 5.70. The molecule has 4 N–H and O–H groups in total. The minimum atomic E-state index is -0.177. The summed E-state index contributed by atoms with van der Waals surface area (Å²) in [4.78, 5) is 2.44. The maximum absolute atomic E-state index is 7.16. The van der Waals surface area contributed by atoms with Gasteiger partial charge < -0.3 is 21.1 Å². The summed E-state index contributed by atoms with van der Waals surface area (Å²) in [6.07, 6.45) is 6.54. The SMILES string of the molecule is CC1CN(c2ccc(C3(N)C4CC5CC3CC(N)(C5)C4)cc2)CC(C)O1. The number of rotatable bonds is 2. The number of hydrogen-bond donors (Lipinski definition) is 2. The van der Waals surface area contributed by atoms with Gasteiger partial charge in [-0.1, -0.05) is 12.1 Å². The van der Waals surface area contributed by atoms with E-state index in [2.05, 4.69) is 43.0 Å². The van der Waals surface area contributed by atoms with Gasteiger partial charge in [-0.3, -0.25) is 0 Å². The van der Waals surface area contributed by atoms with Crippen molar-refractivity contribution in [1.29, 1.82) is 0 Å². The van der Waals surface area contributed by atoms with Crippen molar-refractivity contribution < 1.29 is 4.74 Å². The van der Waals surface area contributed by atoms with Gasteiger partial charge in [-0.2, -0.15) is 0 Å². The second-order valence-corrected chi connectivity index (χ2v) is 9.85. The maximum atomic E-state index is 7.16. The molecule has 4 bridgehead atoms. The first-order valence-corrected chi connectivity index (χ1v) is 10.4. The van der Waals surface area contributed by atoms with Crippen LogP contribution in [0.5, 0.6) is 0 Å². The Morgan fingerprint density at radius 1 is 0.923 bits per heavy atom. The van der Waals surface area contributed by atoms with Crippen LogP contribution < -0.4 is 16.4 Å². The van der Waals surface area contributed by atoms with E-state index in [0.29, 0.717) is 11.8 Å². The van der Waals surface area contributed by atoms with Crippen LogP contribution in [0.3, 0.4) is 0 Å². The van der Waals surface area contributed by atoms with Crippen molar-refractivity contribution in [2.24, 2.45) is 29.2 Å². The zero-order valence-corrected chi connectivity index (χ0v) is 16.2. The van der Waals surface area contributed by atoms with Crippen LogP contribution >= 0.6 is 0 Å². The third kappa shape index (κ3) is 2.53. The monoisotopic (exact) mass is 355 g/mol. The fourth-order valence-electron chi connectivity index (χ4n) is 6.92. The molecule has 1 heterocycles. The lowest BCUT2D eigenvalue weighted by Gasteiger charge is -2.63. The van der Waals surface area contributed by atoms with Gasteiger partial charge in [0.25, 0.3) is 0 Å². The third-order valence-corrected chi connectivity index (χ3v) is 7.74. The second-order valence-electron chi connectivity index (χ2n) is 9.85. The zero-order valence-electron chi connectivity index (χ0n) is 16.2. The van der Waals surface area contributed by atoms with E-state index in [0.717, 1.165) is 31.8 Å². The zero-order chi connectivity index (χ0) is 18.1. The summed E-state index contributed by atoms with van der Waals surface area (Å²) < 4.78 is 5.87. The quantitative estimate of drug-likeness (QED) is 0.856. The molecule has 6 rings (SSSR count). The molecule has 0 radical (unpaired) electrons. The minimum Gasteiger partial charge on any atom is -0.372 e. The molecule has 0 amide bonds. The van der Waals surface area contributed by atoms with Crippen LogP contribution in [0.2, 0.25) is 0 Å². The van der Waals surface area contributed by atoms with Gasteiger partial charge in [-0.25, -0.2) is 0 Å². The number of hydrogen-bond acceptors (Lipinski definition) is 4. The molecule has 1 aromatic carbocycles. The van der Waals surface area contributed by atoms with E-state index in [9.17, 15) is 0 Å². The van der Waals surface area contributed by atoms with E-state index in [1.165, 1.54) is 30.5 Å². The molecule has 1 aromatic rings. The molecule has 4 atom stereocenters. The summed E-state index contributed by atoms with van der Waals surface area (Å²) >= 11 is 0. The van der Waals surface area contributed by atoms with Gasteiger partial charge in [0, 0.05) is 29.9 Å². The lowest BCUT2D eigenvalue weighted by Crippen LogP contribution is -2.68. The first-order valence-electron chi connectivity index (χ1n) is 10.4. The molecule has 26 heavy (non-hydrogen) atoms. The van der Waals surface area contributed by atoms with E-state index >= 15 is 0 Å². The van der Waals surface area contributed by atoms with Crippen molar-refractivity contribution >= 4 is 5.69 Å². The Kier molecular flexibility index (Phi) is 3.73. The Morgan fingerprint density at radius 2 is 1.50 bits per heavy atom. The number of nitrogens with zero attached hydrogens (tertiary/aromatic N) is 1. The van der Waals surface area contributed by atoms with Crippen molar-refractivity contribution in [2.45, 2.75) is 69.2 Å². The summed E-state index contributed by atoms with van der Waals surface area (Å²) in [5, 5.41) is 0. The van der Waals surface area contributed by atoms with Crippen molar-refractivity contribution in [3.63, 3.8) is 0 Å². The molecule has 1 aliphatic heterocycles. The average Bonchev–Trinajstić information content (AvgIpc) is 2.57.